The van der Waals surface area contributed by atoms with Gasteiger partial charge in [0.25, 0.3) is 0 Å². The van der Waals surface area contributed by atoms with Crippen LogP contribution in [0.1, 0.15) is 23.1 Å². The Morgan fingerprint density at radius 3 is 2.94 bits per heavy atom. The van der Waals surface area contributed by atoms with Crippen LogP contribution in [0.2, 0.25) is 0 Å². The summed E-state index contributed by atoms with van der Waals surface area (Å²) in [7, 11) is 0. The Labute approximate surface area is 101 Å². The van der Waals surface area contributed by atoms with E-state index >= 15 is 0 Å². The fourth-order valence-corrected chi connectivity index (χ4v) is 1.37. The first-order chi connectivity index (χ1) is 8.13. The van der Waals surface area contributed by atoms with Gasteiger partial charge in [-0.05, 0) is 25.0 Å². The molecule has 0 radical (unpaired) electrons. The average Bonchev–Trinajstić information content (AvgIpc) is 2.31. The lowest BCUT2D eigenvalue weighted by Gasteiger charge is -2.08. The Bertz CT molecular complexity index is 436. The third-order valence-corrected chi connectivity index (χ3v) is 2.37. The zero-order chi connectivity index (χ0) is 12.7. The average molecular weight is 232 g/mol. The van der Waals surface area contributed by atoms with Gasteiger partial charge >= 0.3 is 6.09 Å². The molecule has 0 aliphatic carbocycles. The van der Waals surface area contributed by atoms with Gasteiger partial charge in [-0.2, -0.15) is 5.26 Å². The van der Waals surface area contributed by atoms with Crippen LogP contribution >= 0.6 is 0 Å². The quantitative estimate of drug-likeness (QED) is 0.811. The third-order valence-electron chi connectivity index (χ3n) is 2.37. The summed E-state index contributed by atoms with van der Waals surface area (Å²) in [6.07, 6.45) is -0.195. The van der Waals surface area contributed by atoms with Crippen LogP contribution in [-0.2, 0) is 11.3 Å². The number of carbonyl (C=O) groups is 1. The van der Waals surface area contributed by atoms with Crippen LogP contribution in [0, 0.1) is 25.2 Å². The van der Waals surface area contributed by atoms with Gasteiger partial charge in [0.15, 0.2) is 0 Å². The van der Waals surface area contributed by atoms with Crippen molar-refractivity contribution < 1.29 is 9.53 Å². The minimum Gasteiger partial charge on any atom is -0.445 e. The standard InChI is InChI=1S/C13H16N2O2/c1-10-4-5-11(2)12(8-10)9-17-13(16)15-7-3-6-14/h4-5,8H,3,7,9H2,1-2H3,(H,15,16). The molecule has 1 rings (SSSR count). The van der Waals surface area contributed by atoms with Gasteiger partial charge in [-0.1, -0.05) is 23.8 Å². The number of ether oxygens (including phenoxy) is 1. The number of nitriles is 1. The minimum absolute atomic E-state index is 0.256. The molecule has 17 heavy (non-hydrogen) atoms. The molecule has 90 valence electrons. The number of hydrogen-bond donors (Lipinski definition) is 1. The van der Waals surface area contributed by atoms with E-state index in [0.717, 1.165) is 16.7 Å². The molecular formula is C13H16N2O2. The van der Waals surface area contributed by atoms with Gasteiger partial charge in [0.1, 0.15) is 6.61 Å². The summed E-state index contributed by atoms with van der Waals surface area (Å²) < 4.78 is 5.05. The summed E-state index contributed by atoms with van der Waals surface area (Å²) in [6, 6.07) is 7.96. The molecule has 1 aromatic rings. The van der Waals surface area contributed by atoms with Gasteiger partial charge in [-0.15, -0.1) is 0 Å². The molecule has 0 bridgehead atoms. The van der Waals surface area contributed by atoms with E-state index in [0.29, 0.717) is 13.0 Å². The highest BCUT2D eigenvalue weighted by Crippen LogP contribution is 2.11. The van der Waals surface area contributed by atoms with Crippen LogP contribution in [0.25, 0.3) is 0 Å². The molecule has 0 aliphatic rings. The van der Waals surface area contributed by atoms with E-state index in [1.54, 1.807) is 0 Å². The summed E-state index contributed by atoms with van der Waals surface area (Å²) in [6.45, 7) is 4.55. The lowest BCUT2D eigenvalue weighted by molar-refractivity contribution is 0.139. The Kier molecular flexibility index (Phi) is 5.02. The van der Waals surface area contributed by atoms with Gasteiger partial charge in [-0.3, -0.25) is 0 Å². The van der Waals surface area contributed by atoms with Crippen molar-refractivity contribution in [2.45, 2.75) is 26.9 Å². The first-order valence-electron chi connectivity index (χ1n) is 5.47. The number of alkyl carbamates (subject to hydrolysis) is 1. The Morgan fingerprint density at radius 1 is 1.47 bits per heavy atom. The zero-order valence-corrected chi connectivity index (χ0v) is 10.1. The number of rotatable bonds is 4. The SMILES string of the molecule is Cc1ccc(C)c(COC(=O)NCCC#N)c1. The van der Waals surface area contributed by atoms with E-state index in [2.05, 4.69) is 5.32 Å². The first-order valence-corrected chi connectivity index (χ1v) is 5.47. The van der Waals surface area contributed by atoms with Crippen LogP contribution in [0.15, 0.2) is 18.2 Å². The largest absolute Gasteiger partial charge is 0.445 e. The fourth-order valence-electron chi connectivity index (χ4n) is 1.37. The maximum atomic E-state index is 11.2. The third kappa shape index (κ3) is 4.56. The molecular weight excluding hydrogens is 216 g/mol. The molecule has 0 aliphatic heterocycles. The van der Waals surface area contributed by atoms with Gasteiger partial charge in [0.2, 0.25) is 0 Å². The second kappa shape index (κ2) is 6.54. The van der Waals surface area contributed by atoms with E-state index < -0.39 is 6.09 Å². The van der Waals surface area contributed by atoms with Gasteiger partial charge in [0.05, 0.1) is 12.5 Å². The van der Waals surface area contributed by atoms with Crippen molar-refractivity contribution in [1.29, 1.82) is 5.26 Å². The highest BCUT2D eigenvalue weighted by Gasteiger charge is 2.04. The molecule has 0 unspecified atom stereocenters. The molecule has 0 spiro atoms. The molecule has 1 N–H and O–H groups in total. The van der Waals surface area contributed by atoms with Crippen LogP contribution in [0.5, 0.6) is 0 Å². The second-order valence-corrected chi connectivity index (χ2v) is 3.84. The van der Waals surface area contributed by atoms with Crippen LogP contribution in [-0.4, -0.2) is 12.6 Å². The van der Waals surface area contributed by atoms with Gasteiger partial charge in [0, 0.05) is 6.54 Å². The topological polar surface area (TPSA) is 62.1 Å². The number of carbonyl (C=O) groups excluding carboxylic acids is 1. The molecule has 0 heterocycles. The highest BCUT2D eigenvalue weighted by atomic mass is 16.5. The van der Waals surface area contributed by atoms with Crippen molar-refractivity contribution in [1.82, 2.24) is 5.32 Å². The van der Waals surface area contributed by atoms with Gasteiger partial charge < -0.3 is 10.1 Å². The van der Waals surface area contributed by atoms with Crippen LogP contribution in [0.3, 0.4) is 0 Å². The van der Waals surface area contributed by atoms with Crippen molar-refractivity contribution in [2.24, 2.45) is 0 Å². The van der Waals surface area contributed by atoms with Gasteiger partial charge in [-0.25, -0.2) is 4.79 Å². The Balaban J connectivity index is 2.42. The van der Waals surface area contributed by atoms with E-state index in [4.69, 9.17) is 10.00 Å². The molecule has 1 aromatic carbocycles. The number of aryl methyl sites for hydroxylation is 2. The van der Waals surface area contributed by atoms with E-state index in [1.165, 1.54) is 0 Å². The smallest absolute Gasteiger partial charge is 0.407 e. The molecule has 0 atom stereocenters. The number of nitrogens with one attached hydrogen (secondary N) is 1. The molecule has 0 saturated heterocycles. The summed E-state index contributed by atoms with van der Waals surface area (Å²) in [5, 5.41) is 10.8. The maximum Gasteiger partial charge on any atom is 0.407 e. The van der Waals surface area contributed by atoms with E-state index in [1.807, 2.05) is 38.1 Å². The number of hydrogen-bond acceptors (Lipinski definition) is 3. The summed E-state index contributed by atoms with van der Waals surface area (Å²) >= 11 is 0. The summed E-state index contributed by atoms with van der Waals surface area (Å²) in [5.41, 5.74) is 3.24. The predicted molar refractivity (Wildman–Crippen MR) is 64.3 cm³/mol. The van der Waals surface area contributed by atoms with Crippen molar-refractivity contribution in [3.8, 4) is 6.07 Å². The van der Waals surface area contributed by atoms with Crippen molar-refractivity contribution in [3.63, 3.8) is 0 Å². The molecule has 0 fully saturated rings. The van der Waals surface area contributed by atoms with E-state index in [9.17, 15) is 4.79 Å². The number of benzene rings is 1. The lowest BCUT2D eigenvalue weighted by atomic mass is 10.1. The minimum atomic E-state index is -0.485. The number of nitrogens with zero attached hydrogens (tertiary/aromatic N) is 1. The first kappa shape index (κ1) is 13.0. The summed E-state index contributed by atoms with van der Waals surface area (Å²) in [4.78, 5) is 11.2. The summed E-state index contributed by atoms with van der Waals surface area (Å²) in [5.74, 6) is 0. The van der Waals surface area contributed by atoms with Crippen molar-refractivity contribution in [2.75, 3.05) is 6.54 Å². The molecule has 4 nitrogen and oxygen atoms in total. The van der Waals surface area contributed by atoms with Crippen molar-refractivity contribution >= 4 is 6.09 Å². The monoisotopic (exact) mass is 232 g/mol. The van der Waals surface area contributed by atoms with Crippen LogP contribution < -0.4 is 5.32 Å². The van der Waals surface area contributed by atoms with Crippen LogP contribution in [0.4, 0.5) is 4.79 Å². The van der Waals surface area contributed by atoms with Crippen molar-refractivity contribution in [3.05, 3.63) is 34.9 Å². The molecule has 4 heteroatoms. The Hall–Kier alpha value is -2.02. The molecule has 0 saturated carbocycles. The maximum absolute atomic E-state index is 11.2. The molecule has 0 aromatic heterocycles. The predicted octanol–water partition coefficient (Wildman–Crippen LogP) is 2.44. The normalized spacial score (nSPS) is 9.47. The van der Waals surface area contributed by atoms with E-state index in [-0.39, 0.29) is 6.61 Å². The zero-order valence-electron chi connectivity index (χ0n) is 10.1. The highest BCUT2D eigenvalue weighted by molar-refractivity contribution is 5.67. The lowest BCUT2D eigenvalue weighted by Crippen LogP contribution is -2.25. The Morgan fingerprint density at radius 2 is 2.24 bits per heavy atom. The second-order valence-electron chi connectivity index (χ2n) is 3.84. The number of amides is 1. The fraction of sp³-hybridized carbons (Fsp3) is 0.385. The molecule has 1 amide bonds.